The second-order valence-electron chi connectivity index (χ2n) is 6.66. The van der Waals surface area contributed by atoms with Crippen molar-refractivity contribution in [3.63, 3.8) is 0 Å². The Morgan fingerprint density at radius 1 is 1.32 bits per heavy atom. The SMILES string of the molecule is CC(=O)N1CCc2ccccc2[C@@H]1CC(=O)NC[C@@H]1C[C@@H]1C. The molecule has 0 bridgehead atoms. The lowest BCUT2D eigenvalue weighted by molar-refractivity contribution is -0.133. The molecule has 4 nitrogen and oxygen atoms in total. The molecule has 1 saturated carbocycles. The molecular weight excluding hydrogens is 276 g/mol. The molecule has 1 aliphatic heterocycles. The van der Waals surface area contributed by atoms with E-state index in [2.05, 4.69) is 18.3 Å². The number of carbonyl (C=O) groups is 2. The van der Waals surface area contributed by atoms with Crippen LogP contribution in [0.1, 0.15) is 43.9 Å². The molecule has 1 aromatic rings. The second kappa shape index (κ2) is 6.11. The summed E-state index contributed by atoms with van der Waals surface area (Å²) in [6.45, 7) is 5.27. The Hall–Kier alpha value is -1.84. The van der Waals surface area contributed by atoms with Gasteiger partial charge in [-0.25, -0.2) is 0 Å². The Morgan fingerprint density at radius 2 is 2.05 bits per heavy atom. The Balaban J connectivity index is 1.70. The van der Waals surface area contributed by atoms with Crippen molar-refractivity contribution >= 4 is 11.8 Å². The van der Waals surface area contributed by atoms with Gasteiger partial charge in [-0.05, 0) is 35.8 Å². The van der Waals surface area contributed by atoms with Gasteiger partial charge in [-0.3, -0.25) is 9.59 Å². The van der Waals surface area contributed by atoms with Crippen LogP contribution < -0.4 is 5.32 Å². The van der Waals surface area contributed by atoms with Crippen LogP contribution in [0.25, 0.3) is 0 Å². The molecule has 1 aliphatic carbocycles. The Bertz CT molecular complexity index is 584. The van der Waals surface area contributed by atoms with E-state index in [0.717, 1.165) is 24.4 Å². The van der Waals surface area contributed by atoms with Crippen LogP contribution in [0.4, 0.5) is 0 Å². The third-order valence-electron chi connectivity index (χ3n) is 5.03. The van der Waals surface area contributed by atoms with E-state index in [4.69, 9.17) is 0 Å². The number of amides is 2. The molecule has 1 N–H and O–H groups in total. The molecule has 0 unspecified atom stereocenters. The van der Waals surface area contributed by atoms with Crippen molar-refractivity contribution in [3.8, 4) is 0 Å². The monoisotopic (exact) mass is 300 g/mol. The van der Waals surface area contributed by atoms with Gasteiger partial charge in [-0.2, -0.15) is 0 Å². The maximum atomic E-state index is 12.3. The lowest BCUT2D eigenvalue weighted by atomic mass is 9.90. The van der Waals surface area contributed by atoms with Crippen LogP contribution in [0.5, 0.6) is 0 Å². The normalized spacial score (nSPS) is 26.3. The van der Waals surface area contributed by atoms with Crippen molar-refractivity contribution in [3.05, 3.63) is 35.4 Å². The van der Waals surface area contributed by atoms with Crippen LogP contribution in [-0.4, -0.2) is 29.8 Å². The minimum absolute atomic E-state index is 0.0446. The van der Waals surface area contributed by atoms with Gasteiger partial charge in [0.05, 0.1) is 12.5 Å². The summed E-state index contributed by atoms with van der Waals surface area (Å²) in [7, 11) is 0. The van der Waals surface area contributed by atoms with Crippen LogP contribution in [-0.2, 0) is 16.0 Å². The molecule has 0 saturated heterocycles. The van der Waals surface area contributed by atoms with Gasteiger partial charge in [-0.15, -0.1) is 0 Å². The lowest BCUT2D eigenvalue weighted by Gasteiger charge is -2.36. The maximum Gasteiger partial charge on any atom is 0.222 e. The summed E-state index contributed by atoms with van der Waals surface area (Å²) in [6, 6.07) is 8.03. The molecule has 1 aromatic carbocycles. The number of nitrogens with one attached hydrogen (secondary N) is 1. The third kappa shape index (κ3) is 3.16. The first-order chi connectivity index (χ1) is 10.6. The highest BCUT2D eigenvalue weighted by Gasteiger charge is 2.34. The highest BCUT2D eigenvalue weighted by Crippen LogP contribution is 2.37. The summed E-state index contributed by atoms with van der Waals surface area (Å²) in [6.07, 6.45) is 2.44. The fourth-order valence-corrected chi connectivity index (χ4v) is 3.42. The lowest BCUT2D eigenvalue weighted by Crippen LogP contribution is -2.41. The van der Waals surface area contributed by atoms with Gasteiger partial charge in [0, 0.05) is 20.0 Å². The minimum atomic E-state index is -0.126. The number of carbonyl (C=O) groups excluding carboxylic acids is 2. The summed E-state index contributed by atoms with van der Waals surface area (Å²) >= 11 is 0. The van der Waals surface area contributed by atoms with E-state index < -0.39 is 0 Å². The van der Waals surface area contributed by atoms with E-state index in [0.29, 0.717) is 18.9 Å². The van der Waals surface area contributed by atoms with E-state index >= 15 is 0 Å². The maximum absolute atomic E-state index is 12.3. The molecular formula is C18H24N2O2. The summed E-state index contributed by atoms with van der Waals surface area (Å²) in [5.41, 5.74) is 2.38. The van der Waals surface area contributed by atoms with Crippen molar-refractivity contribution in [2.45, 2.75) is 39.2 Å². The van der Waals surface area contributed by atoms with Gasteiger partial charge >= 0.3 is 0 Å². The molecule has 1 heterocycles. The molecule has 0 radical (unpaired) electrons. The highest BCUT2D eigenvalue weighted by atomic mass is 16.2. The van der Waals surface area contributed by atoms with E-state index in [1.807, 2.05) is 23.1 Å². The molecule has 2 aliphatic rings. The van der Waals surface area contributed by atoms with Crippen molar-refractivity contribution < 1.29 is 9.59 Å². The zero-order valence-electron chi connectivity index (χ0n) is 13.3. The molecule has 118 valence electrons. The summed E-state index contributed by atoms with van der Waals surface area (Å²) in [4.78, 5) is 26.0. The summed E-state index contributed by atoms with van der Waals surface area (Å²) in [5.74, 6) is 1.48. The average Bonchev–Trinajstić information content (AvgIpc) is 3.21. The molecule has 4 heteroatoms. The number of hydrogen-bond acceptors (Lipinski definition) is 2. The molecule has 3 rings (SSSR count). The zero-order valence-corrected chi connectivity index (χ0v) is 13.3. The second-order valence-corrected chi connectivity index (χ2v) is 6.66. The number of fused-ring (bicyclic) bond motifs is 1. The first-order valence-electron chi connectivity index (χ1n) is 8.18. The van der Waals surface area contributed by atoms with Crippen LogP contribution in [0, 0.1) is 11.8 Å². The predicted molar refractivity (Wildman–Crippen MR) is 85.2 cm³/mol. The number of rotatable bonds is 4. The van der Waals surface area contributed by atoms with E-state index in [9.17, 15) is 9.59 Å². The smallest absolute Gasteiger partial charge is 0.222 e. The van der Waals surface area contributed by atoms with Crippen LogP contribution in [0.15, 0.2) is 24.3 Å². The van der Waals surface area contributed by atoms with Gasteiger partial charge in [0.1, 0.15) is 0 Å². The summed E-state index contributed by atoms with van der Waals surface area (Å²) in [5, 5.41) is 3.04. The fourth-order valence-electron chi connectivity index (χ4n) is 3.42. The average molecular weight is 300 g/mol. The minimum Gasteiger partial charge on any atom is -0.356 e. The Labute approximate surface area is 131 Å². The Morgan fingerprint density at radius 3 is 2.73 bits per heavy atom. The zero-order chi connectivity index (χ0) is 15.7. The Kier molecular flexibility index (Phi) is 4.19. The van der Waals surface area contributed by atoms with Gasteiger partial charge in [0.2, 0.25) is 11.8 Å². The van der Waals surface area contributed by atoms with Crippen LogP contribution >= 0.6 is 0 Å². The predicted octanol–water partition coefficient (Wildman–Crippen LogP) is 2.29. The van der Waals surface area contributed by atoms with Crippen molar-refractivity contribution in [1.29, 1.82) is 0 Å². The molecule has 0 spiro atoms. The van der Waals surface area contributed by atoms with E-state index in [-0.39, 0.29) is 17.9 Å². The number of nitrogens with zero attached hydrogens (tertiary/aromatic N) is 1. The molecule has 22 heavy (non-hydrogen) atoms. The van der Waals surface area contributed by atoms with Gasteiger partial charge in [0.15, 0.2) is 0 Å². The van der Waals surface area contributed by atoms with Crippen LogP contribution in [0.2, 0.25) is 0 Å². The first-order valence-corrected chi connectivity index (χ1v) is 8.18. The largest absolute Gasteiger partial charge is 0.356 e. The van der Waals surface area contributed by atoms with Crippen molar-refractivity contribution in [2.75, 3.05) is 13.1 Å². The van der Waals surface area contributed by atoms with Gasteiger partial charge < -0.3 is 10.2 Å². The molecule has 0 aromatic heterocycles. The van der Waals surface area contributed by atoms with Crippen molar-refractivity contribution in [1.82, 2.24) is 10.2 Å². The third-order valence-corrected chi connectivity index (χ3v) is 5.03. The molecule has 1 fully saturated rings. The first kappa shape index (κ1) is 15.1. The fraction of sp³-hybridized carbons (Fsp3) is 0.556. The van der Waals surface area contributed by atoms with E-state index in [1.165, 1.54) is 12.0 Å². The van der Waals surface area contributed by atoms with E-state index in [1.54, 1.807) is 6.92 Å². The topological polar surface area (TPSA) is 49.4 Å². The van der Waals surface area contributed by atoms with Gasteiger partial charge in [0.25, 0.3) is 0 Å². The quantitative estimate of drug-likeness (QED) is 0.927. The molecule has 3 atom stereocenters. The standard InChI is InChI=1S/C18H24N2O2/c1-12-9-15(12)11-19-18(22)10-17-16-6-4-3-5-14(16)7-8-20(17)13(2)21/h3-6,12,15,17H,7-11H2,1-2H3,(H,19,22)/t12-,15-,17-/m0/s1. The van der Waals surface area contributed by atoms with Crippen LogP contribution in [0.3, 0.4) is 0 Å². The summed E-state index contributed by atoms with van der Waals surface area (Å²) < 4.78 is 0. The highest BCUT2D eigenvalue weighted by molar-refractivity contribution is 5.79. The number of hydrogen-bond donors (Lipinski definition) is 1. The number of benzene rings is 1. The molecule has 2 amide bonds. The van der Waals surface area contributed by atoms with Gasteiger partial charge in [-0.1, -0.05) is 31.2 Å². The van der Waals surface area contributed by atoms with Crippen molar-refractivity contribution in [2.24, 2.45) is 11.8 Å².